The van der Waals surface area contributed by atoms with Gasteiger partial charge in [0.05, 0.1) is 18.1 Å². The van der Waals surface area contributed by atoms with E-state index in [-0.39, 0.29) is 11.8 Å². The zero-order chi connectivity index (χ0) is 14.7. The van der Waals surface area contributed by atoms with Crippen molar-refractivity contribution in [1.29, 1.82) is 0 Å². The summed E-state index contributed by atoms with van der Waals surface area (Å²) in [6.07, 6.45) is 0. The first-order valence-corrected chi connectivity index (χ1v) is 7.02. The Balaban J connectivity index is 2.26. The molecule has 0 aromatic heterocycles. The van der Waals surface area contributed by atoms with Gasteiger partial charge in [-0.3, -0.25) is 4.90 Å². The van der Waals surface area contributed by atoms with Crippen LogP contribution in [0.2, 0.25) is 0 Å². The average molecular weight is 295 g/mol. The molecular formula is C14H21N3O2S. The minimum atomic E-state index is -0.117. The number of phenols is 1. The first-order chi connectivity index (χ1) is 9.52. The molecular weight excluding hydrogens is 274 g/mol. The molecule has 0 spiro atoms. The van der Waals surface area contributed by atoms with Crippen LogP contribution in [0.3, 0.4) is 0 Å². The van der Waals surface area contributed by atoms with Crippen molar-refractivity contribution in [1.82, 2.24) is 9.80 Å². The highest BCUT2D eigenvalue weighted by molar-refractivity contribution is 7.80. The number of benzene rings is 1. The summed E-state index contributed by atoms with van der Waals surface area (Å²) < 4.78 is 5.16. The van der Waals surface area contributed by atoms with Crippen molar-refractivity contribution in [3.8, 4) is 11.5 Å². The molecule has 1 aliphatic rings. The molecule has 6 heteroatoms. The van der Waals surface area contributed by atoms with Gasteiger partial charge in [-0.15, -0.1) is 0 Å². The molecule has 1 aliphatic heterocycles. The zero-order valence-corrected chi connectivity index (χ0v) is 12.7. The summed E-state index contributed by atoms with van der Waals surface area (Å²) in [5.74, 6) is 0.564. The molecule has 1 saturated heterocycles. The van der Waals surface area contributed by atoms with Gasteiger partial charge in [0.2, 0.25) is 0 Å². The molecule has 1 fully saturated rings. The molecule has 0 saturated carbocycles. The number of thiocarbonyl (C=S) groups is 1. The molecule has 0 radical (unpaired) electrons. The van der Waals surface area contributed by atoms with Crippen molar-refractivity contribution in [3.63, 3.8) is 0 Å². The van der Waals surface area contributed by atoms with E-state index in [0.29, 0.717) is 10.7 Å². The maximum atomic E-state index is 9.69. The van der Waals surface area contributed by atoms with E-state index in [2.05, 4.69) is 16.8 Å². The van der Waals surface area contributed by atoms with Crippen LogP contribution >= 0.6 is 12.2 Å². The minimum absolute atomic E-state index is 0.117. The quantitative estimate of drug-likeness (QED) is 0.807. The van der Waals surface area contributed by atoms with Crippen LogP contribution in [0.1, 0.15) is 11.6 Å². The molecule has 2 rings (SSSR count). The molecule has 3 N–H and O–H groups in total. The van der Waals surface area contributed by atoms with Gasteiger partial charge in [0.15, 0.2) is 11.5 Å². The van der Waals surface area contributed by atoms with Crippen LogP contribution in [0.15, 0.2) is 18.2 Å². The largest absolute Gasteiger partial charge is 0.504 e. The van der Waals surface area contributed by atoms with E-state index < -0.39 is 0 Å². The summed E-state index contributed by atoms with van der Waals surface area (Å²) in [6.45, 7) is 3.83. The number of phenolic OH excluding ortho intramolecular Hbond substituents is 1. The number of methoxy groups -OCH3 is 1. The highest BCUT2D eigenvalue weighted by Gasteiger charge is 2.26. The Morgan fingerprint density at radius 1 is 1.35 bits per heavy atom. The van der Waals surface area contributed by atoms with Crippen LogP contribution in [0.25, 0.3) is 0 Å². The molecule has 20 heavy (non-hydrogen) atoms. The minimum Gasteiger partial charge on any atom is -0.504 e. The van der Waals surface area contributed by atoms with E-state index in [9.17, 15) is 5.11 Å². The third-order valence-electron chi connectivity index (χ3n) is 3.69. The molecule has 1 aromatic carbocycles. The van der Waals surface area contributed by atoms with Gasteiger partial charge in [-0.1, -0.05) is 18.3 Å². The lowest BCUT2D eigenvalue weighted by atomic mass is 10.0. The summed E-state index contributed by atoms with van der Waals surface area (Å²) in [5.41, 5.74) is 6.89. The summed E-state index contributed by atoms with van der Waals surface area (Å²) in [4.78, 5) is 5.00. The highest BCUT2D eigenvalue weighted by atomic mass is 32.1. The number of piperazine rings is 1. The van der Waals surface area contributed by atoms with E-state index in [1.807, 2.05) is 6.07 Å². The molecule has 1 aromatic rings. The van der Waals surface area contributed by atoms with Crippen LogP contribution in [-0.2, 0) is 0 Å². The van der Waals surface area contributed by atoms with E-state index >= 15 is 0 Å². The molecule has 5 nitrogen and oxygen atoms in total. The average Bonchev–Trinajstić information content (AvgIpc) is 2.42. The van der Waals surface area contributed by atoms with Crippen molar-refractivity contribution in [2.45, 2.75) is 6.04 Å². The van der Waals surface area contributed by atoms with Gasteiger partial charge in [0.25, 0.3) is 0 Å². The lowest BCUT2D eigenvalue weighted by molar-refractivity contribution is 0.137. The van der Waals surface area contributed by atoms with Gasteiger partial charge in [-0.05, 0) is 24.7 Å². The van der Waals surface area contributed by atoms with Gasteiger partial charge >= 0.3 is 0 Å². The van der Waals surface area contributed by atoms with Crippen LogP contribution < -0.4 is 10.5 Å². The second kappa shape index (κ2) is 6.39. The molecule has 1 heterocycles. The van der Waals surface area contributed by atoms with E-state index in [4.69, 9.17) is 22.7 Å². The number of rotatable bonds is 4. The first-order valence-electron chi connectivity index (χ1n) is 6.61. The maximum Gasteiger partial charge on any atom is 0.160 e. The van der Waals surface area contributed by atoms with Gasteiger partial charge in [-0.2, -0.15) is 0 Å². The number of aromatic hydroxyl groups is 1. The van der Waals surface area contributed by atoms with Crippen molar-refractivity contribution >= 4 is 17.2 Å². The molecule has 0 amide bonds. The topological polar surface area (TPSA) is 62.0 Å². The van der Waals surface area contributed by atoms with Crippen LogP contribution in [0, 0.1) is 0 Å². The summed E-state index contributed by atoms with van der Waals surface area (Å²) in [5, 5.41) is 9.69. The SMILES string of the molecule is COc1cc(C(C(N)=S)N2CCN(C)CC2)ccc1O. The number of ether oxygens (including phenoxy) is 1. The fourth-order valence-electron chi connectivity index (χ4n) is 2.50. The van der Waals surface area contributed by atoms with Crippen LogP contribution in [0.5, 0.6) is 11.5 Å². The predicted molar refractivity (Wildman–Crippen MR) is 83.3 cm³/mol. The molecule has 0 bridgehead atoms. The van der Waals surface area contributed by atoms with E-state index in [0.717, 1.165) is 31.7 Å². The normalized spacial score (nSPS) is 18.7. The number of nitrogens with zero attached hydrogens (tertiary/aromatic N) is 2. The summed E-state index contributed by atoms with van der Waals surface area (Å²) in [6, 6.07) is 5.15. The lowest BCUT2D eigenvalue weighted by Crippen LogP contribution is -2.48. The third kappa shape index (κ3) is 3.20. The fourth-order valence-corrected chi connectivity index (χ4v) is 2.78. The molecule has 110 valence electrons. The second-order valence-electron chi connectivity index (χ2n) is 5.08. The molecule has 0 aliphatic carbocycles. The van der Waals surface area contributed by atoms with Crippen LogP contribution in [-0.4, -0.2) is 60.2 Å². The molecule has 1 unspecified atom stereocenters. The van der Waals surface area contributed by atoms with Gasteiger partial charge in [0, 0.05) is 26.2 Å². The van der Waals surface area contributed by atoms with E-state index in [1.54, 1.807) is 12.1 Å². The Hall–Kier alpha value is -1.37. The van der Waals surface area contributed by atoms with E-state index in [1.165, 1.54) is 7.11 Å². The predicted octanol–water partition coefficient (Wildman–Crippen LogP) is 0.975. The monoisotopic (exact) mass is 295 g/mol. The van der Waals surface area contributed by atoms with Crippen molar-refractivity contribution in [2.75, 3.05) is 40.3 Å². The number of nitrogens with two attached hydrogens (primary N) is 1. The van der Waals surface area contributed by atoms with Gasteiger partial charge in [-0.25, -0.2) is 0 Å². The molecule has 1 atom stereocenters. The Bertz CT molecular complexity index is 487. The Morgan fingerprint density at radius 2 is 2.00 bits per heavy atom. The zero-order valence-electron chi connectivity index (χ0n) is 11.9. The summed E-state index contributed by atoms with van der Waals surface area (Å²) in [7, 11) is 3.64. The van der Waals surface area contributed by atoms with Crippen molar-refractivity contribution in [3.05, 3.63) is 23.8 Å². The van der Waals surface area contributed by atoms with Crippen molar-refractivity contribution < 1.29 is 9.84 Å². The third-order valence-corrected chi connectivity index (χ3v) is 3.92. The first kappa shape index (κ1) is 15.0. The maximum absolute atomic E-state index is 9.69. The summed E-state index contributed by atoms with van der Waals surface area (Å²) >= 11 is 5.24. The number of hydrogen-bond acceptors (Lipinski definition) is 5. The Kier molecular flexibility index (Phi) is 4.80. The highest BCUT2D eigenvalue weighted by Crippen LogP contribution is 2.31. The van der Waals surface area contributed by atoms with Gasteiger partial charge < -0.3 is 20.5 Å². The fraction of sp³-hybridized carbons (Fsp3) is 0.500. The second-order valence-corrected chi connectivity index (χ2v) is 5.55. The standard InChI is InChI=1S/C14H21N3O2S/c1-16-5-7-17(8-6-16)13(14(15)20)10-3-4-11(18)12(9-10)19-2/h3-4,9,13,18H,5-8H2,1-2H3,(H2,15,20). The van der Waals surface area contributed by atoms with Crippen LogP contribution in [0.4, 0.5) is 0 Å². The van der Waals surface area contributed by atoms with Crippen molar-refractivity contribution in [2.24, 2.45) is 5.73 Å². The smallest absolute Gasteiger partial charge is 0.160 e. The van der Waals surface area contributed by atoms with Gasteiger partial charge in [0.1, 0.15) is 0 Å². The number of hydrogen-bond donors (Lipinski definition) is 2. The number of likely N-dealkylation sites (N-methyl/N-ethyl adjacent to an activating group) is 1. The Labute approximate surface area is 124 Å². The lowest BCUT2D eigenvalue weighted by Gasteiger charge is -2.37. The Morgan fingerprint density at radius 3 is 2.55 bits per heavy atom.